The minimum absolute atomic E-state index is 0.0245. The highest BCUT2D eigenvalue weighted by Crippen LogP contribution is 2.24. The van der Waals surface area contributed by atoms with Crippen molar-refractivity contribution >= 4 is 5.91 Å². The van der Waals surface area contributed by atoms with Crippen LogP contribution in [-0.2, 0) is 9.53 Å². The molecular weight excluding hydrogens is 312 g/mol. The summed E-state index contributed by atoms with van der Waals surface area (Å²) in [5.41, 5.74) is 1.12. The van der Waals surface area contributed by atoms with Gasteiger partial charge in [-0.1, -0.05) is 37.3 Å². The maximum absolute atomic E-state index is 12.6. The van der Waals surface area contributed by atoms with E-state index >= 15 is 0 Å². The number of amides is 1. The fourth-order valence-electron chi connectivity index (χ4n) is 4.20. The van der Waals surface area contributed by atoms with E-state index in [1.54, 1.807) is 0 Å². The van der Waals surface area contributed by atoms with E-state index in [1.165, 1.54) is 38.8 Å². The van der Waals surface area contributed by atoms with Crippen molar-refractivity contribution in [3.8, 4) is 0 Å². The molecule has 0 bridgehead atoms. The maximum Gasteiger partial charge on any atom is 0.227 e. The summed E-state index contributed by atoms with van der Waals surface area (Å²) < 4.78 is 5.47. The molecule has 0 unspecified atom stereocenters. The molecule has 4 nitrogen and oxygen atoms in total. The first-order chi connectivity index (χ1) is 12.3. The van der Waals surface area contributed by atoms with Crippen molar-refractivity contribution in [2.24, 2.45) is 5.92 Å². The lowest BCUT2D eigenvalue weighted by Gasteiger charge is -2.39. The fraction of sp³-hybridized carbons (Fsp3) is 0.667. The van der Waals surface area contributed by atoms with E-state index in [2.05, 4.69) is 29.3 Å². The Morgan fingerprint density at radius 3 is 2.48 bits per heavy atom. The Morgan fingerprint density at radius 1 is 1.16 bits per heavy atom. The van der Waals surface area contributed by atoms with Gasteiger partial charge < -0.3 is 15.0 Å². The Hall–Kier alpha value is -1.39. The molecule has 25 heavy (non-hydrogen) atoms. The van der Waals surface area contributed by atoms with Crippen molar-refractivity contribution in [3.05, 3.63) is 35.9 Å². The average Bonchev–Trinajstić information content (AvgIpc) is 2.69. The predicted molar refractivity (Wildman–Crippen MR) is 101 cm³/mol. The van der Waals surface area contributed by atoms with E-state index in [0.29, 0.717) is 12.0 Å². The number of ether oxygens (including phenoxy) is 1. The van der Waals surface area contributed by atoms with Gasteiger partial charge in [-0.3, -0.25) is 4.79 Å². The van der Waals surface area contributed by atoms with E-state index in [0.717, 1.165) is 31.7 Å². The lowest BCUT2D eigenvalue weighted by Crippen LogP contribution is -2.46. The first kappa shape index (κ1) is 18.4. The number of piperidine rings is 1. The summed E-state index contributed by atoms with van der Waals surface area (Å²) in [6.45, 7) is 7.08. The van der Waals surface area contributed by atoms with Crippen molar-refractivity contribution in [1.29, 1.82) is 0 Å². The molecule has 0 spiro atoms. The number of nitrogens with zero attached hydrogens (tertiary/aromatic N) is 1. The molecule has 138 valence electrons. The van der Waals surface area contributed by atoms with Crippen LogP contribution in [-0.4, -0.2) is 49.7 Å². The number of hydrogen-bond acceptors (Lipinski definition) is 3. The standard InChI is InChI=1S/C21H32N2O2/c1-2-20(18-6-4-3-5-7-18)21(24)22-16-17-8-12-23(13-9-17)19-10-14-25-15-11-19/h3-7,17,19-20H,2,8-16H2,1H3,(H,22,24)/t20-/m0/s1. The molecule has 3 rings (SSSR count). The molecule has 2 aliphatic heterocycles. The normalized spacial score (nSPS) is 21.8. The number of likely N-dealkylation sites (tertiary alicyclic amines) is 1. The molecule has 0 radical (unpaired) electrons. The topological polar surface area (TPSA) is 41.6 Å². The van der Waals surface area contributed by atoms with Gasteiger partial charge in [0.15, 0.2) is 0 Å². The Morgan fingerprint density at radius 2 is 1.84 bits per heavy atom. The number of carbonyl (C=O) groups excluding carboxylic acids is 1. The van der Waals surface area contributed by atoms with Crippen LogP contribution in [0.4, 0.5) is 0 Å². The summed E-state index contributed by atoms with van der Waals surface area (Å²) >= 11 is 0. The summed E-state index contributed by atoms with van der Waals surface area (Å²) in [5.74, 6) is 0.775. The molecule has 4 heteroatoms. The summed E-state index contributed by atoms with van der Waals surface area (Å²) in [6, 6.07) is 10.8. The molecule has 1 atom stereocenters. The summed E-state index contributed by atoms with van der Waals surface area (Å²) in [4.78, 5) is 15.2. The van der Waals surface area contributed by atoms with Gasteiger partial charge in [0.1, 0.15) is 0 Å². The van der Waals surface area contributed by atoms with E-state index in [9.17, 15) is 4.79 Å². The number of carbonyl (C=O) groups is 1. The molecule has 1 aromatic rings. The predicted octanol–water partition coefficient (Wildman–Crippen LogP) is 3.19. The van der Waals surface area contributed by atoms with Crippen LogP contribution in [0.15, 0.2) is 30.3 Å². The van der Waals surface area contributed by atoms with Gasteiger partial charge in [0.05, 0.1) is 5.92 Å². The zero-order chi connectivity index (χ0) is 17.5. The van der Waals surface area contributed by atoms with Crippen molar-refractivity contribution in [2.75, 3.05) is 32.8 Å². The van der Waals surface area contributed by atoms with Gasteiger partial charge in [-0.2, -0.15) is 0 Å². The van der Waals surface area contributed by atoms with Crippen molar-refractivity contribution in [2.45, 2.75) is 51.0 Å². The van der Waals surface area contributed by atoms with Crippen molar-refractivity contribution < 1.29 is 9.53 Å². The zero-order valence-electron chi connectivity index (χ0n) is 15.5. The molecule has 2 fully saturated rings. The Labute approximate surface area is 151 Å². The van der Waals surface area contributed by atoms with Crippen LogP contribution in [0.3, 0.4) is 0 Å². The molecule has 2 aliphatic rings. The highest BCUT2D eigenvalue weighted by molar-refractivity contribution is 5.83. The Balaban J connectivity index is 1.42. The summed E-state index contributed by atoms with van der Waals surface area (Å²) in [6.07, 6.45) is 5.59. The summed E-state index contributed by atoms with van der Waals surface area (Å²) in [5, 5.41) is 3.22. The Bertz CT molecular complexity index is 520. The second-order valence-corrected chi connectivity index (χ2v) is 7.44. The van der Waals surface area contributed by atoms with Gasteiger partial charge in [-0.15, -0.1) is 0 Å². The first-order valence-electron chi connectivity index (χ1n) is 9.92. The van der Waals surface area contributed by atoms with E-state index in [-0.39, 0.29) is 11.8 Å². The largest absolute Gasteiger partial charge is 0.381 e. The van der Waals surface area contributed by atoms with Crippen LogP contribution in [0, 0.1) is 5.92 Å². The first-order valence-corrected chi connectivity index (χ1v) is 9.92. The third-order valence-electron chi connectivity index (χ3n) is 5.85. The molecule has 1 amide bonds. The van der Waals surface area contributed by atoms with Crippen LogP contribution < -0.4 is 5.32 Å². The minimum atomic E-state index is -0.0245. The average molecular weight is 344 g/mol. The fourth-order valence-corrected chi connectivity index (χ4v) is 4.20. The Kier molecular flexibility index (Phi) is 6.88. The smallest absolute Gasteiger partial charge is 0.227 e. The summed E-state index contributed by atoms with van der Waals surface area (Å²) in [7, 11) is 0. The van der Waals surface area contributed by atoms with Crippen molar-refractivity contribution in [3.63, 3.8) is 0 Å². The molecule has 2 heterocycles. The SMILES string of the molecule is CC[C@H](C(=O)NCC1CCN(C2CCOCC2)CC1)c1ccccc1. The van der Waals surface area contributed by atoms with Gasteiger partial charge in [-0.25, -0.2) is 0 Å². The van der Waals surface area contributed by atoms with E-state index in [1.807, 2.05) is 18.2 Å². The number of nitrogens with one attached hydrogen (secondary N) is 1. The van der Waals surface area contributed by atoms with E-state index in [4.69, 9.17) is 4.74 Å². The van der Waals surface area contributed by atoms with Crippen LogP contribution in [0.25, 0.3) is 0 Å². The van der Waals surface area contributed by atoms with Gasteiger partial charge >= 0.3 is 0 Å². The zero-order valence-corrected chi connectivity index (χ0v) is 15.5. The molecule has 1 N–H and O–H groups in total. The number of rotatable bonds is 6. The number of benzene rings is 1. The third-order valence-corrected chi connectivity index (χ3v) is 5.85. The highest BCUT2D eigenvalue weighted by Gasteiger charge is 2.27. The molecule has 1 aromatic carbocycles. The van der Waals surface area contributed by atoms with Crippen LogP contribution in [0.1, 0.15) is 50.5 Å². The number of hydrogen-bond donors (Lipinski definition) is 1. The van der Waals surface area contributed by atoms with Crippen LogP contribution >= 0.6 is 0 Å². The lowest BCUT2D eigenvalue weighted by molar-refractivity contribution is -0.122. The second-order valence-electron chi connectivity index (χ2n) is 7.44. The van der Waals surface area contributed by atoms with Gasteiger partial charge in [0.25, 0.3) is 0 Å². The lowest BCUT2D eigenvalue weighted by atomic mass is 9.92. The molecule has 0 aromatic heterocycles. The third kappa shape index (κ3) is 5.05. The molecule has 0 saturated carbocycles. The van der Waals surface area contributed by atoms with Crippen LogP contribution in [0.2, 0.25) is 0 Å². The van der Waals surface area contributed by atoms with Crippen molar-refractivity contribution in [1.82, 2.24) is 10.2 Å². The monoisotopic (exact) mass is 344 g/mol. The van der Waals surface area contributed by atoms with E-state index < -0.39 is 0 Å². The van der Waals surface area contributed by atoms with Gasteiger partial charge in [-0.05, 0) is 56.7 Å². The quantitative estimate of drug-likeness (QED) is 0.862. The van der Waals surface area contributed by atoms with Crippen LogP contribution in [0.5, 0.6) is 0 Å². The molecule has 0 aliphatic carbocycles. The van der Waals surface area contributed by atoms with Gasteiger partial charge in [0, 0.05) is 25.8 Å². The second kappa shape index (κ2) is 9.35. The molecular formula is C21H32N2O2. The van der Waals surface area contributed by atoms with Gasteiger partial charge in [0.2, 0.25) is 5.91 Å². The maximum atomic E-state index is 12.6. The minimum Gasteiger partial charge on any atom is -0.381 e. The molecule has 2 saturated heterocycles. The highest BCUT2D eigenvalue weighted by atomic mass is 16.5.